The number of benzene rings is 2. The van der Waals surface area contributed by atoms with Crippen molar-refractivity contribution in [3.05, 3.63) is 65.0 Å². The molecule has 3 nitrogen and oxygen atoms in total. The molecule has 0 aromatic heterocycles. The molecule has 0 spiro atoms. The van der Waals surface area contributed by atoms with E-state index in [-0.39, 0.29) is 18.1 Å². The summed E-state index contributed by atoms with van der Waals surface area (Å²) in [5.41, 5.74) is 1.15. The zero-order valence-corrected chi connectivity index (χ0v) is 11.2. The van der Waals surface area contributed by atoms with E-state index in [1.165, 1.54) is 7.05 Å². The number of hydrogen-bond acceptors (Lipinski definition) is 2. The summed E-state index contributed by atoms with van der Waals surface area (Å²) in [5, 5.41) is 5.17. The first kappa shape index (κ1) is 14.9. The van der Waals surface area contributed by atoms with Crippen LogP contribution in [0.1, 0.15) is 15.9 Å². The minimum atomic E-state index is -1.50. The van der Waals surface area contributed by atoms with E-state index in [0.717, 1.165) is 17.7 Å². The lowest BCUT2D eigenvalue weighted by atomic mass is 10.1. The van der Waals surface area contributed by atoms with Crippen molar-refractivity contribution in [2.24, 2.45) is 0 Å². The summed E-state index contributed by atoms with van der Waals surface area (Å²) in [5.74, 6) is -4.19. The Bertz CT molecular complexity index is 657. The van der Waals surface area contributed by atoms with Gasteiger partial charge in [-0.25, -0.2) is 13.2 Å². The van der Waals surface area contributed by atoms with Crippen molar-refractivity contribution >= 4 is 11.6 Å². The van der Waals surface area contributed by atoms with E-state index in [4.69, 9.17) is 0 Å². The zero-order chi connectivity index (χ0) is 15.4. The number of nitrogens with one attached hydrogen (secondary N) is 2. The van der Waals surface area contributed by atoms with Crippen LogP contribution in [0, 0.1) is 17.5 Å². The number of rotatable bonds is 4. The fraction of sp³-hybridized carbons (Fsp3) is 0.133. The molecule has 2 N–H and O–H groups in total. The molecule has 0 atom stereocenters. The molecule has 0 bridgehead atoms. The predicted octanol–water partition coefficient (Wildman–Crippen LogP) is 3.08. The molecule has 0 saturated heterocycles. The topological polar surface area (TPSA) is 41.1 Å². The average molecular weight is 294 g/mol. The zero-order valence-electron chi connectivity index (χ0n) is 11.2. The Morgan fingerprint density at radius 1 is 1.00 bits per heavy atom. The van der Waals surface area contributed by atoms with Crippen molar-refractivity contribution < 1.29 is 18.0 Å². The Morgan fingerprint density at radius 2 is 1.67 bits per heavy atom. The highest BCUT2D eigenvalue weighted by Gasteiger charge is 2.12. The molecule has 0 fully saturated rings. The molecule has 21 heavy (non-hydrogen) atoms. The summed E-state index contributed by atoms with van der Waals surface area (Å²) >= 11 is 0. The number of anilines is 1. The van der Waals surface area contributed by atoms with E-state index in [0.29, 0.717) is 5.56 Å². The molecule has 0 aliphatic carbocycles. The van der Waals surface area contributed by atoms with Gasteiger partial charge in [0.25, 0.3) is 5.91 Å². The van der Waals surface area contributed by atoms with Crippen LogP contribution in [0.5, 0.6) is 0 Å². The quantitative estimate of drug-likeness (QED) is 0.851. The first-order valence-corrected chi connectivity index (χ1v) is 6.21. The van der Waals surface area contributed by atoms with Gasteiger partial charge in [-0.15, -0.1) is 0 Å². The highest BCUT2D eigenvalue weighted by molar-refractivity contribution is 5.93. The normalized spacial score (nSPS) is 10.3. The van der Waals surface area contributed by atoms with Crippen LogP contribution in [-0.4, -0.2) is 13.0 Å². The van der Waals surface area contributed by atoms with Crippen LogP contribution in [0.3, 0.4) is 0 Å². The molecule has 0 unspecified atom stereocenters. The molecule has 0 radical (unpaired) electrons. The number of carbonyl (C=O) groups is 1. The van der Waals surface area contributed by atoms with Crippen molar-refractivity contribution in [3.8, 4) is 0 Å². The van der Waals surface area contributed by atoms with Crippen LogP contribution in [0.2, 0.25) is 0 Å². The fourth-order valence-electron chi connectivity index (χ4n) is 1.78. The van der Waals surface area contributed by atoms with Crippen LogP contribution in [-0.2, 0) is 6.54 Å². The Hall–Kier alpha value is -2.50. The minimum Gasteiger partial charge on any atom is -0.379 e. The Morgan fingerprint density at radius 3 is 2.29 bits per heavy atom. The summed E-state index contributed by atoms with van der Waals surface area (Å²) in [7, 11) is 1.53. The first-order chi connectivity index (χ1) is 10.0. The maximum atomic E-state index is 13.5. The summed E-state index contributed by atoms with van der Waals surface area (Å²) < 4.78 is 39.3. The second-order valence-corrected chi connectivity index (χ2v) is 4.35. The second-order valence-electron chi connectivity index (χ2n) is 4.35. The van der Waals surface area contributed by atoms with E-state index in [2.05, 4.69) is 10.6 Å². The highest BCUT2D eigenvalue weighted by atomic mass is 19.2. The smallest absolute Gasteiger partial charge is 0.251 e. The lowest BCUT2D eigenvalue weighted by Gasteiger charge is -2.09. The van der Waals surface area contributed by atoms with Crippen LogP contribution >= 0.6 is 0 Å². The van der Waals surface area contributed by atoms with E-state index in [1.807, 2.05) is 0 Å². The van der Waals surface area contributed by atoms with Gasteiger partial charge in [-0.05, 0) is 29.8 Å². The highest BCUT2D eigenvalue weighted by Crippen LogP contribution is 2.20. The van der Waals surface area contributed by atoms with Crippen LogP contribution in [0.15, 0.2) is 36.4 Å². The SMILES string of the molecule is CNC(=O)c1ccc(CNc2ccc(F)c(F)c2F)cc1. The summed E-state index contributed by atoms with van der Waals surface area (Å²) in [6.07, 6.45) is 0. The third-order valence-electron chi connectivity index (χ3n) is 2.96. The van der Waals surface area contributed by atoms with Gasteiger partial charge in [0.15, 0.2) is 17.5 Å². The van der Waals surface area contributed by atoms with Crippen molar-refractivity contribution in [3.63, 3.8) is 0 Å². The lowest BCUT2D eigenvalue weighted by molar-refractivity contribution is 0.0963. The molecule has 2 aromatic rings. The molecule has 0 heterocycles. The van der Waals surface area contributed by atoms with E-state index in [1.54, 1.807) is 24.3 Å². The Labute approximate surface area is 119 Å². The molecule has 2 rings (SSSR count). The Balaban J connectivity index is 2.07. The molecule has 1 amide bonds. The maximum absolute atomic E-state index is 13.5. The lowest BCUT2D eigenvalue weighted by Crippen LogP contribution is -2.17. The molecule has 6 heteroatoms. The van der Waals surface area contributed by atoms with Gasteiger partial charge < -0.3 is 10.6 Å². The number of carbonyl (C=O) groups excluding carboxylic acids is 1. The number of hydrogen-bond donors (Lipinski definition) is 2. The van der Waals surface area contributed by atoms with Crippen LogP contribution in [0.25, 0.3) is 0 Å². The first-order valence-electron chi connectivity index (χ1n) is 6.21. The fourth-order valence-corrected chi connectivity index (χ4v) is 1.78. The summed E-state index contributed by atoms with van der Waals surface area (Å²) in [4.78, 5) is 11.4. The van der Waals surface area contributed by atoms with Crippen LogP contribution in [0.4, 0.5) is 18.9 Å². The molecule has 2 aromatic carbocycles. The van der Waals surface area contributed by atoms with E-state index >= 15 is 0 Å². The molecule has 0 saturated carbocycles. The molecular formula is C15H13F3N2O. The molecule has 110 valence electrons. The summed E-state index contributed by atoms with van der Waals surface area (Å²) in [6.45, 7) is 0.218. The summed E-state index contributed by atoms with van der Waals surface area (Å²) in [6, 6.07) is 8.61. The van der Waals surface area contributed by atoms with Crippen molar-refractivity contribution in [2.75, 3.05) is 12.4 Å². The standard InChI is InChI=1S/C15H13F3N2O/c1-19-15(21)10-4-2-9(3-5-10)8-20-12-7-6-11(16)13(17)14(12)18/h2-7,20H,8H2,1H3,(H,19,21). The van der Waals surface area contributed by atoms with Gasteiger partial charge in [0.05, 0.1) is 5.69 Å². The van der Waals surface area contributed by atoms with Crippen molar-refractivity contribution in [1.29, 1.82) is 0 Å². The third kappa shape index (κ3) is 3.34. The second kappa shape index (κ2) is 6.30. The van der Waals surface area contributed by atoms with Gasteiger partial charge in [-0.2, -0.15) is 0 Å². The molecule has 0 aliphatic rings. The largest absolute Gasteiger partial charge is 0.379 e. The minimum absolute atomic E-state index is 0.121. The van der Waals surface area contributed by atoms with Crippen molar-refractivity contribution in [2.45, 2.75) is 6.54 Å². The third-order valence-corrected chi connectivity index (χ3v) is 2.96. The Kier molecular flexibility index (Phi) is 4.47. The van der Waals surface area contributed by atoms with Crippen molar-refractivity contribution in [1.82, 2.24) is 5.32 Å². The average Bonchev–Trinajstić information content (AvgIpc) is 2.52. The van der Waals surface area contributed by atoms with Gasteiger partial charge in [0.2, 0.25) is 0 Å². The number of amides is 1. The van der Waals surface area contributed by atoms with Gasteiger partial charge in [-0.1, -0.05) is 12.1 Å². The predicted molar refractivity (Wildman–Crippen MR) is 73.5 cm³/mol. The van der Waals surface area contributed by atoms with Gasteiger partial charge >= 0.3 is 0 Å². The van der Waals surface area contributed by atoms with Crippen LogP contribution < -0.4 is 10.6 Å². The van der Waals surface area contributed by atoms with Gasteiger partial charge in [-0.3, -0.25) is 4.79 Å². The molecule has 0 aliphatic heterocycles. The maximum Gasteiger partial charge on any atom is 0.251 e. The van der Waals surface area contributed by atoms with E-state index < -0.39 is 17.5 Å². The monoisotopic (exact) mass is 294 g/mol. The number of halogens is 3. The van der Waals surface area contributed by atoms with Gasteiger partial charge in [0, 0.05) is 19.2 Å². The van der Waals surface area contributed by atoms with Gasteiger partial charge in [0.1, 0.15) is 0 Å². The van der Waals surface area contributed by atoms with E-state index in [9.17, 15) is 18.0 Å². The molecular weight excluding hydrogens is 281 g/mol.